The second-order valence-electron chi connectivity index (χ2n) is 4.35. The van der Waals surface area contributed by atoms with Gasteiger partial charge in [-0.3, -0.25) is 9.59 Å². The fourth-order valence-electron chi connectivity index (χ4n) is 0.862. The van der Waals surface area contributed by atoms with Crippen LogP contribution in [0.3, 0.4) is 0 Å². The van der Waals surface area contributed by atoms with Crippen LogP contribution in [0.15, 0.2) is 0 Å². The number of amides is 1. The van der Waals surface area contributed by atoms with Crippen molar-refractivity contribution in [3.63, 3.8) is 0 Å². The van der Waals surface area contributed by atoms with Crippen LogP contribution in [0.2, 0.25) is 0 Å². The fraction of sp³-hybridized carbons (Fsp3) is 0.818. The minimum atomic E-state index is -0.816. The van der Waals surface area contributed by atoms with E-state index < -0.39 is 11.9 Å². The van der Waals surface area contributed by atoms with Gasteiger partial charge in [0.2, 0.25) is 5.91 Å². The van der Waals surface area contributed by atoms with Gasteiger partial charge in [0.05, 0.1) is 11.7 Å². The van der Waals surface area contributed by atoms with Gasteiger partial charge in [0.15, 0.2) is 0 Å². The van der Waals surface area contributed by atoms with Crippen LogP contribution in [0.5, 0.6) is 0 Å². The summed E-state index contributed by atoms with van der Waals surface area (Å²) in [6.07, 6.45) is 0. The van der Waals surface area contributed by atoms with Gasteiger partial charge in [0.25, 0.3) is 0 Å². The van der Waals surface area contributed by atoms with E-state index in [1.54, 1.807) is 6.92 Å². The first-order chi connectivity index (χ1) is 7.34. The monoisotopic (exact) mass is 247 g/mol. The molecule has 4 nitrogen and oxygen atoms in total. The normalized spacial score (nSPS) is 14.6. The average molecular weight is 247 g/mol. The quantitative estimate of drug-likeness (QED) is 0.717. The molecular weight excluding hydrogens is 226 g/mol. The molecule has 0 saturated carbocycles. The number of carboxylic acid groups (broad SMARTS) is 1. The van der Waals surface area contributed by atoms with Crippen molar-refractivity contribution in [2.24, 2.45) is 11.8 Å². The van der Waals surface area contributed by atoms with Gasteiger partial charge in [-0.15, -0.1) is 0 Å². The van der Waals surface area contributed by atoms with Gasteiger partial charge >= 0.3 is 5.97 Å². The predicted octanol–water partition coefficient (Wildman–Crippen LogP) is 1.60. The van der Waals surface area contributed by atoms with E-state index in [-0.39, 0.29) is 11.9 Å². The molecule has 1 amide bonds. The highest BCUT2D eigenvalue weighted by molar-refractivity contribution is 7.99. The Morgan fingerprint density at radius 1 is 1.25 bits per heavy atom. The van der Waals surface area contributed by atoms with Crippen molar-refractivity contribution in [3.8, 4) is 0 Å². The summed E-state index contributed by atoms with van der Waals surface area (Å²) in [5, 5.41) is 11.5. The lowest BCUT2D eigenvalue weighted by molar-refractivity contribution is -0.140. The number of aliphatic carboxylic acids is 1. The summed E-state index contributed by atoms with van der Waals surface area (Å²) in [4.78, 5) is 22.0. The maximum absolute atomic E-state index is 11.4. The van der Waals surface area contributed by atoms with Crippen molar-refractivity contribution in [1.29, 1.82) is 0 Å². The zero-order valence-corrected chi connectivity index (χ0v) is 11.1. The van der Waals surface area contributed by atoms with Crippen LogP contribution in [-0.4, -0.2) is 34.5 Å². The maximum atomic E-state index is 11.4. The molecule has 0 aromatic heterocycles. The van der Waals surface area contributed by atoms with E-state index in [4.69, 9.17) is 5.11 Å². The third kappa shape index (κ3) is 6.71. The molecule has 0 fully saturated rings. The van der Waals surface area contributed by atoms with Gasteiger partial charge < -0.3 is 10.4 Å². The molecule has 0 aliphatic heterocycles. The molecule has 0 rings (SSSR count). The molecule has 0 heterocycles. The van der Waals surface area contributed by atoms with Crippen LogP contribution in [-0.2, 0) is 9.59 Å². The highest BCUT2D eigenvalue weighted by Crippen LogP contribution is 2.08. The first kappa shape index (κ1) is 15.3. The van der Waals surface area contributed by atoms with E-state index in [0.29, 0.717) is 17.4 Å². The molecule has 2 atom stereocenters. The third-order valence-electron chi connectivity index (χ3n) is 2.41. The summed E-state index contributed by atoms with van der Waals surface area (Å²) in [6.45, 7) is 7.70. The van der Waals surface area contributed by atoms with Crippen molar-refractivity contribution < 1.29 is 14.7 Å². The lowest BCUT2D eigenvalue weighted by Crippen LogP contribution is -2.37. The first-order valence-electron chi connectivity index (χ1n) is 5.44. The summed E-state index contributed by atoms with van der Waals surface area (Å²) in [5.41, 5.74) is 0. The number of rotatable bonds is 7. The van der Waals surface area contributed by atoms with Crippen molar-refractivity contribution in [1.82, 2.24) is 5.32 Å². The summed E-state index contributed by atoms with van der Waals surface area (Å²) in [7, 11) is 0. The smallest absolute Gasteiger partial charge is 0.307 e. The number of carboxylic acids is 1. The van der Waals surface area contributed by atoms with E-state index in [9.17, 15) is 9.59 Å². The van der Waals surface area contributed by atoms with Crippen LogP contribution in [0, 0.1) is 11.8 Å². The Kier molecular flexibility index (Phi) is 7.21. The molecule has 0 radical (unpaired) electrons. The van der Waals surface area contributed by atoms with Crippen molar-refractivity contribution >= 4 is 23.6 Å². The maximum Gasteiger partial charge on any atom is 0.307 e. The van der Waals surface area contributed by atoms with Crippen molar-refractivity contribution in [3.05, 3.63) is 0 Å². The Balaban J connectivity index is 3.70. The Bertz CT molecular complexity index is 243. The standard InChI is InChI=1S/C11H21NO3S/c1-7(2)9(4)12-10(13)6-16-5-8(3)11(14)15/h7-9H,5-6H2,1-4H3,(H,12,13)(H,14,15). The second kappa shape index (κ2) is 7.54. The number of carbonyl (C=O) groups excluding carboxylic acids is 1. The molecule has 0 aromatic rings. The van der Waals surface area contributed by atoms with E-state index >= 15 is 0 Å². The van der Waals surface area contributed by atoms with Crippen LogP contribution in [0.4, 0.5) is 0 Å². The highest BCUT2D eigenvalue weighted by atomic mass is 32.2. The van der Waals surface area contributed by atoms with Crippen LogP contribution < -0.4 is 5.32 Å². The van der Waals surface area contributed by atoms with Gasteiger partial charge in [-0.1, -0.05) is 20.8 Å². The lowest BCUT2D eigenvalue weighted by atomic mass is 10.1. The molecule has 0 aliphatic carbocycles. The largest absolute Gasteiger partial charge is 0.481 e. The Hall–Kier alpha value is -0.710. The molecular formula is C11H21NO3S. The minimum Gasteiger partial charge on any atom is -0.481 e. The predicted molar refractivity (Wildman–Crippen MR) is 66.6 cm³/mol. The number of hydrogen-bond acceptors (Lipinski definition) is 3. The molecule has 94 valence electrons. The Morgan fingerprint density at radius 3 is 2.25 bits per heavy atom. The number of hydrogen-bond donors (Lipinski definition) is 2. The van der Waals surface area contributed by atoms with E-state index in [1.165, 1.54) is 11.8 Å². The van der Waals surface area contributed by atoms with Gasteiger partial charge in [-0.25, -0.2) is 0 Å². The third-order valence-corrected chi connectivity index (χ3v) is 3.61. The molecule has 2 N–H and O–H groups in total. The zero-order valence-electron chi connectivity index (χ0n) is 10.3. The summed E-state index contributed by atoms with van der Waals surface area (Å²) in [5.74, 6) is -0.0347. The number of nitrogens with one attached hydrogen (secondary N) is 1. The van der Waals surface area contributed by atoms with Crippen molar-refractivity contribution in [2.75, 3.05) is 11.5 Å². The van der Waals surface area contributed by atoms with E-state index in [2.05, 4.69) is 5.32 Å². The lowest BCUT2D eigenvalue weighted by Gasteiger charge is -2.17. The average Bonchev–Trinajstić information content (AvgIpc) is 2.16. The molecule has 2 unspecified atom stereocenters. The summed E-state index contributed by atoms with van der Waals surface area (Å²) < 4.78 is 0. The number of carbonyl (C=O) groups is 2. The molecule has 0 aromatic carbocycles. The van der Waals surface area contributed by atoms with Crippen LogP contribution in [0.1, 0.15) is 27.7 Å². The molecule has 5 heteroatoms. The van der Waals surface area contributed by atoms with Crippen molar-refractivity contribution in [2.45, 2.75) is 33.7 Å². The molecule has 0 aliphatic rings. The Morgan fingerprint density at radius 2 is 1.81 bits per heavy atom. The summed E-state index contributed by atoms with van der Waals surface area (Å²) >= 11 is 1.36. The number of thioether (sulfide) groups is 1. The second-order valence-corrected chi connectivity index (χ2v) is 5.38. The van der Waals surface area contributed by atoms with Crippen LogP contribution in [0.25, 0.3) is 0 Å². The van der Waals surface area contributed by atoms with Gasteiger partial charge in [0.1, 0.15) is 0 Å². The van der Waals surface area contributed by atoms with Gasteiger partial charge in [-0.2, -0.15) is 11.8 Å². The van der Waals surface area contributed by atoms with Gasteiger partial charge in [-0.05, 0) is 12.8 Å². The first-order valence-corrected chi connectivity index (χ1v) is 6.60. The van der Waals surface area contributed by atoms with E-state index in [0.717, 1.165) is 0 Å². The Labute approximate surface area is 101 Å². The molecule has 16 heavy (non-hydrogen) atoms. The minimum absolute atomic E-state index is 0.0243. The highest BCUT2D eigenvalue weighted by Gasteiger charge is 2.13. The topological polar surface area (TPSA) is 66.4 Å². The fourth-order valence-corrected chi connectivity index (χ4v) is 1.74. The van der Waals surface area contributed by atoms with Crippen LogP contribution >= 0.6 is 11.8 Å². The molecule has 0 saturated heterocycles. The SMILES string of the molecule is CC(CSCC(=O)NC(C)C(C)C)C(=O)O. The van der Waals surface area contributed by atoms with E-state index in [1.807, 2.05) is 20.8 Å². The summed E-state index contributed by atoms with van der Waals surface area (Å²) in [6, 6.07) is 0.157. The zero-order chi connectivity index (χ0) is 12.7. The molecule has 0 bridgehead atoms. The van der Waals surface area contributed by atoms with Gasteiger partial charge in [0, 0.05) is 11.8 Å². The molecule has 0 spiro atoms.